The van der Waals surface area contributed by atoms with Crippen LogP contribution in [-0.2, 0) is 26.2 Å². The zero-order valence-corrected chi connectivity index (χ0v) is 22.6. The van der Waals surface area contributed by atoms with Gasteiger partial charge in [-0.05, 0) is 49.8 Å². The van der Waals surface area contributed by atoms with Crippen molar-refractivity contribution in [3.8, 4) is 0 Å². The summed E-state index contributed by atoms with van der Waals surface area (Å²) in [5.41, 5.74) is 2.71. The molecule has 37 heavy (non-hydrogen) atoms. The molecule has 1 heterocycles. The number of nitrogens with one attached hydrogen (secondary N) is 1. The number of anilines is 1. The Kier molecular flexibility index (Phi) is 8.17. The normalized spacial score (nSPS) is 14.5. The Balaban J connectivity index is 1.47. The molecule has 0 bridgehead atoms. The third-order valence-electron chi connectivity index (χ3n) is 6.90. The highest BCUT2D eigenvalue weighted by atomic mass is 32.2. The van der Waals surface area contributed by atoms with Crippen molar-refractivity contribution < 1.29 is 18.0 Å². The van der Waals surface area contributed by atoms with E-state index in [2.05, 4.69) is 12.2 Å². The average molecular weight is 522 g/mol. The first-order valence-corrected chi connectivity index (χ1v) is 14.3. The molecule has 1 aliphatic heterocycles. The molecule has 3 aromatic carbocycles. The lowest BCUT2D eigenvalue weighted by Gasteiger charge is -2.29. The maximum atomic E-state index is 13.4. The van der Waals surface area contributed by atoms with Crippen LogP contribution in [0.1, 0.15) is 50.7 Å². The number of hydrogen-bond donors (Lipinski definition) is 1. The summed E-state index contributed by atoms with van der Waals surface area (Å²) >= 11 is 0. The van der Waals surface area contributed by atoms with Crippen molar-refractivity contribution in [2.75, 3.05) is 17.4 Å². The lowest BCUT2D eigenvalue weighted by Crippen LogP contribution is -2.47. The number of aryl methyl sites for hydroxylation is 1. The Hall–Kier alpha value is -3.39. The fraction of sp³-hybridized carbons (Fsp3) is 0.379. The molecule has 0 radical (unpaired) electrons. The zero-order valence-electron chi connectivity index (χ0n) is 21.7. The van der Waals surface area contributed by atoms with E-state index in [9.17, 15) is 18.0 Å². The number of sulfonamides is 1. The van der Waals surface area contributed by atoms with Crippen molar-refractivity contribution >= 4 is 38.3 Å². The molecule has 1 atom stereocenters. The van der Waals surface area contributed by atoms with Gasteiger partial charge in [0.2, 0.25) is 11.8 Å². The Morgan fingerprint density at radius 1 is 1.00 bits per heavy atom. The fourth-order valence-corrected chi connectivity index (χ4v) is 6.47. The number of carbonyl (C=O) groups excluding carboxylic acids is 2. The predicted molar refractivity (Wildman–Crippen MR) is 147 cm³/mol. The molecular formula is C29H35N3O4S. The van der Waals surface area contributed by atoms with Gasteiger partial charge in [-0.2, -0.15) is 0 Å². The minimum Gasteiger partial charge on any atom is -0.354 e. The standard InChI is InChI=1S/C29H35N3O4S/c1-4-5-18-30-29(34)22(3)31(20-23-16-14-21(2)15-17-23)27(33)13-8-19-32-25-11-6-9-24-10-7-12-26(28(24)25)37(32,35)36/h6-7,9-12,14-17,22H,4-5,8,13,18-20H2,1-3H3,(H,30,34)/t22-/m0/s1. The van der Waals surface area contributed by atoms with Gasteiger partial charge >= 0.3 is 0 Å². The second-order valence-corrected chi connectivity index (χ2v) is 11.5. The molecule has 0 fully saturated rings. The Morgan fingerprint density at radius 3 is 2.41 bits per heavy atom. The number of unbranched alkanes of at least 4 members (excludes halogenated alkanes) is 1. The molecule has 4 rings (SSSR count). The van der Waals surface area contributed by atoms with E-state index >= 15 is 0 Å². The molecule has 0 saturated carbocycles. The van der Waals surface area contributed by atoms with Crippen LogP contribution in [0, 0.1) is 6.92 Å². The second-order valence-electron chi connectivity index (χ2n) is 9.64. The highest BCUT2D eigenvalue weighted by Crippen LogP contribution is 2.42. The van der Waals surface area contributed by atoms with Gasteiger partial charge in [0.1, 0.15) is 6.04 Å². The van der Waals surface area contributed by atoms with Crippen LogP contribution in [0.2, 0.25) is 0 Å². The number of nitrogens with zero attached hydrogens (tertiary/aromatic N) is 2. The van der Waals surface area contributed by atoms with E-state index in [4.69, 9.17) is 0 Å². The summed E-state index contributed by atoms with van der Waals surface area (Å²) in [5.74, 6) is -0.357. The van der Waals surface area contributed by atoms with Gasteiger partial charge in [-0.1, -0.05) is 67.4 Å². The molecule has 8 heteroatoms. The third kappa shape index (κ3) is 5.64. The van der Waals surface area contributed by atoms with E-state index in [-0.39, 0.29) is 24.8 Å². The first-order valence-electron chi connectivity index (χ1n) is 12.9. The Labute approximate surface area is 219 Å². The van der Waals surface area contributed by atoms with Gasteiger partial charge in [0.05, 0.1) is 10.6 Å². The largest absolute Gasteiger partial charge is 0.354 e. The van der Waals surface area contributed by atoms with Crippen LogP contribution in [-0.4, -0.2) is 44.3 Å². The summed E-state index contributed by atoms with van der Waals surface area (Å²) in [5, 5.41) is 4.54. The number of hydrogen-bond acceptors (Lipinski definition) is 4. The van der Waals surface area contributed by atoms with Crippen LogP contribution < -0.4 is 9.62 Å². The maximum Gasteiger partial charge on any atom is 0.265 e. The molecule has 0 spiro atoms. The van der Waals surface area contributed by atoms with Crippen LogP contribution in [0.15, 0.2) is 65.6 Å². The van der Waals surface area contributed by atoms with Crippen LogP contribution in [0.5, 0.6) is 0 Å². The van der Waals surface area contributed by atoms with E-state index < -0.39 is 16.1 Å². The second kappa shape index (κ2) is 11.3. The van der Waals surface area contributed by atoms with Gasteiger partial charge in [0.25, 0.3) is 10.0 Å². The van der Waals surface area contributed by atoms with Crippen molar-refractivity contribution in [1.82, 2.24) is 10.2 Å². The van der Waals surface area contributed by atoms with Gasteiger partial charge in [0, 0.05) is 31.4 Å². The van der Waals surface area contributed by atoms with Crippen LogP contribution in [0.3, 0.4) is 0 Å². The van der Waals surface area contributed by atoms with Crippen molar-refractivity contribution in [2.24, 2.45) is 0 Å². The minimum absolute atomic E-state index is 0.136. The first kappa shape index (κ1) is 26.7. The molecule has 1 aliphatic rings. The zero-order chi connectivity index (χ0) is 26.6. The summed E-state index contributed by atoms with van der Waals surface area (Å²) in [6.07, 6.45) is 2.33. The monoisotopic (exact) mass is 521 g/mol. The van der Waals surface area contributed by atoms with Crippen molar-refractivity contribution in [3.05, 3.63) is 71.8 Å². The summed E-state index contributed by atoms with van der Waals surface area (Å²) < 4.78 is 27.9. The summed E-state index contributed by atoms with van der Waals surface area (Å²) in [6, 6.07) is 18.1. The molecule has 196 valence electrons. The number of benzene rings is 3. The van der Waals surface area contributed by atoms with Gasteiger partial charge in [-0.25, -0.2) is 8.42 Å². The number of amides is 2. The lowest BCUT2D eigenvalue weighted by molar-refractivity contribution is -0.140. The lowest BCUT2D eigenvalue weighted by atomic mass is 10.1. The highest BCUT2D eigenvalue weighted by molar-refractivity contribution is 7.93. The van der Waals surface area contributed by atoms with E-state index in [0.29, 0.717) is 30.1 Å². The van der Waals surface area contributed by atoms with Crippen LogP contribution >= 0.6 is 0 Å². The van der Waals surface area contributed by atoms with Gasteiger partial charge in [-0.15, -0.1) is 0 Å². The van der Waals surface area contributed by atoms with Crippen LogP contribution in [0.25, 0.3) is 10.8 Å². The molecule has 2 amide bonds. The molecule has 7 nitrogen and oxygen atoms in total. The molecule has 0 saturated heterocycles. The van der Waals surface area contributed by atoms with Crippen molar-refractivity contribution in [3.63, 3.8) is 0 Å². The molecule has 1 N–H and O–H groups in total. The number of carbonyl (C=O) groups is 2. The molecule has 0 unspecified atom stereocenters. The van der Waals surface area contributed by atoms with Gasteiger partial charge in [0.15, 0.2) is 0 Å². The predicted octanol–water partition coefficient (Wildman–Crippen LogP) is 4.77. The molecular weight excluding hydrogens is 486 g/mol. The fourth-order valence-electron chi connectivity index (χ4n) is 4.73. The highest BCUT2D eigenvalue weighted by Gasteiger charge is 2.35. The smallest absolute Gasteiger partial charge is 0.265 e. The summed E-state index contributed by atoms with van der Waals surface area (Å²) in [6.45, 7) is 6.89. The summed E-state index contributed by atoms with van der Waals surface area (Å²) in [4.78, 5) is 28.1. The van der Waals surface area contributed by atoms with E-state index in [0.717, 1.165) is 34.7 Å². The topological polar surface area (TPSA) is 86.8 Å². The van der Waals surface area contributed by atoms with Crippen molar-refractivity contribution in [1.29, 1.82) is 0 Å². The Morgan fingerprint density at radius 2 is 1.70 bits per heavy atom. The first-order chi connectivity index (χ1) is 17.7. The Bertz CT molecular complexity index is 1380. The summed E-state index contributed by atoms with van der Waals surface area (Å²) in [7, 11) is -3.67. The number of rotatable bonds is 11. The molecule has 0 aliphatic carbocycles. The van der Waals surface area contributed by atoms with E-state index in [1.54, 1.807) is 24.0 Å². The third-order valence-corrected chi connectivity index (χ3v) is 8.76. The van der Waals surface area contributed by atoms with Gasteiger partial charge < -0.3 is 10.2 Å². The average Bonchev–Trinajstić information content (AvgIpc) is 3.11. The quantitative estimate of drug-likeness (QED) is 0.368. The van der Waals surface area contributed by atoms with Gasteiger partial charge in [-0.3, -0.25) is 13.9 Å². The maximum absolute atomic E-state index is 13.4. The van der Waals surface area contributed by atoms with Crippen molar-refractivity contribution in [2.45, 2.75) is 63.9 Å². The minimum atomic E-state index is -3.67. The molecule has 0 aromatic heterocycles. The SMILES string of the molecule is CCCCNC(=O)[C@H](C)N(Cc1ccc(C)cc1)C(=O)CCCN1c2cccc3cccc(c23)S1(=O)=O. The van der Waals surface area contributed by atoms with E-state index in [1.165, 1.54) is 4.31 Å². The van der Waals surface area contributed by atoms with E-state index in [1.807, 2.05) is 55.5 Å². The van der Waals surface area contributed by atoms with Crippen LogP contribution in [0.4, 0.5) is 5.69 Å². The molecule has 3 aromatic rings.